The Morgan fingerprint density at radius 2 is 1.37 bits per heavy atom. The Kier molecular flexibility index (Phi) is 5.74. The van der Waals surface area contributed by atoms with Gasteiger partial charge in [0.2, 0.25) is 5.16 Å². The van der Waals surface area contributed by atoms with Gasteiger partial charge in [-0.25, -0.2) is 4.98 Å². The molecule has 0 spiro atoms. The van der Waals surface area contributed by atoms with Gasteiger partial charge in [0, 0.05) is 21.5 Å². The molecule has 0 saturated heterocycles. The Balaban J connectivity index is 1.64. The van der Waals surface area contributed by atoms with Crippen LogP contribution in [0.5, 0.6) is 0 Å². The van der Waals surface area contributed by atoms with Crippen molar-refractivity contribution in [1.29, 1.82) is 0 Å². The molecule has 0 bridgehead atoms. The van der Waals surface area contributed by atoms with Crippen LogP contribution in [0.4, 0.5) is 0 Å². The highest BCUT2D eigenvalue weighted by atomic mass is 35.5. The fourth-order valence-electron chi connectivity index (χ4n) is 4.05. The van der Waals surface area contributed by atoms with Crippen LogP contribution in [0.2, 0.25) is 5.02 Å². The highest BCUT2D eigenvalue weighted by Crippen LogP contribution is 2.45. The molecule has 4 aromatic carbocycles. The fourth-order valence-corrected chi connectivity index (χ4v) is 5.26. The average molecular weight is 492 g/mol. The van der Waals surface area contributed by atoms with Crippen LogP contribution >= 0.6 is 23.4 Å². The molecule has 0 N–H and O–H groups in total. The summed E-state index contributed by atoms with van der Waals surface area (Å²) >= 11 is 7.72. The van der Waals surface area contributed by atoms with Crippen LogP contribution < -0.4 is 0 Å². The minimum Gasteiger partial charge on any atom is -0.247 e. The Labute approximate surface area is 211 Å². The fraction of sp³-hybridized carbons (Fsp3) is 0. The van der Waals surface area contributed by atoms with Gasteiger partial charge in [-0.15, -0.1) is 5.10 Å². The third kappa shape index (κ3) is 4.18. The van der Waals surface area contributed by atoms with Crippen molar-refractivity contribution < 1.29 is 0 Å². The summed E-state index contributed by atoms with van der Waals surface area (Å²) in [6.45, 7) is 0. The molecule has 5 nitrogen and oxygen atoms in total. The van der Waals surface area contributed by atoms with Crippen LogP contribution in [0.3, 0.4) is 0 Å². The van der Waals surface area contributed by atoms with Crippen molar-refractivity contribution >= 4 is 34.3 Å². The third-order valence-electron chi connectivity index (χ3n) is 5.66. The normalized spacial score (nSPS) is 11.1. The number of nitrogens with zero attached hydrogens (tertiary/aromatic N) is 5. The molecular weight excluding hydrogens is 474 g/mol. The van der Waals surface area contributed by atoms with E-state index in [1.165, 1.54) is 11.8 Å². The van der Waals surface area contributed by atoms with Gasteiger partial charge in [-0.2, -0.15) is 4.68 Å². The molecule has 6 rings (SSSR count). The zero-order valence-corrected chi connectivity index (χ0v) is 20.0. The van der Waals surface area contributed by atoms with E-state index in [2.05, 4.69) is 45.9 Å². The summed E-state index contributed by atoms with van der Waals surface area (Å²) in [5.41, 5.74) is 5.83. The molecule has 0 atom stereocenters. The lowest BCUT2D eigenvalue weighted by Gasteiger charge is -2.17. The monoisotopic (exact) mass is 491 g/mol. The number of aromatic nitrogens is 5. The largest absolute Gasteiger partial charge is 0.247 e. The van der Waals surface area contributed by atoms with Crippen molar-refractivity contribution in [2.45, 2.75) is 10.1 Å². The molecule has 168 valence electrons. The second kappa shape index (κ2) is 9.33. The third-order valence-corrected chi connectivity index (χ3v) is 6.95. The number of rotatable bonds is 5. The maximum Gasteiger partial charge on any atom is 0.219 e. The summed E-state index contributed by atoms with van der Waals surface area (Å²) in [7, 11) is 0. The zero-order valence-electron chi connectivity index (χ0n) is 18.4. The predicted molar refractivity (Wildman–Crippen MR) is 141 cm³/mol. The Hall–Kier alpha value is -4.00. The smallest absolute Gasteiger partial charge is 0.219 e. The summed E-state index contributed by atoms with van der Waals surface area (Å²) in [6.07, 6.45) is 0. The zero-order chi connectivity index (χ0) is 23.6. The quantitative estimate of drug-likeness (QED) is 0.252. The summed E-state index contributed by atoms with van der Waals surface area (Å²) in [5.74, 6) is 0. The van der Waals surface area contributed by atoms with Crippen molar-refractivity contribution in [3.05, 3.63) is 114 Å². The van der Waals surface area contributed by atoms with Crippen molar-refractivity contribution in [3.8, 4) is 28.1 Å². The van der Waals surface area contributed by atoms with Crippen molar-refractivity contribution in [2.75, 3.05) is 0 Å². The number of fused-ring (bicyclic) bond motifs is 1. The lowest BCUT2D eigenvalue weighted by molar-refractivity contribution is 0.756. The molecular formula is C28H18ClN5S. The Morgan fingerprint density at radius 1 is 0.686 bits per heavy atom. The Morgan fingerprint density at radius 3 is 2.14 bits per heavy atom. The molecule has 6 aromatic rings. The SMILES string of the molecule is Clc1ccc(-c2nc3ccccc3c(-c3ccccc3)c2Sc2nnnn2-c2ccccc2)cc1. The molecule has 2 aromatic heterocycles. The van der Waals surface area contributed by atoms with E-state index in [0.717, 1.165) is 43.9 Å². The van der Waals surface area contributed by atoms with E-state index in [1.807, 2.05) is 78.9 Å². The first kappa shape index (κ1) is 21.5. The molecule has 0 radical (unpaired) electrons. The number of pyridine rings is 1. The van der Waals surface area contributed by atoms with Gasteiger partial charge < -0.3 is 0 Å². The highest BCUT2D eigenvalue weighted by Gasteiger charge is 2.22. The molecule has 0 unspecified atom stereocenters. The standard InChI is InChI=1S/C28H18ClN5S/c29-21-17-15-20(16-18-21)26-27(35-28-31-32-33-34(28)22-11-5-2-6-12-22)25(19-9-3-1-4-10-19)23-13-7-8-14-24(23)30-26/h1-18H. The maximum absolute atomic E-state index is 6.21. The molecule has 0 aliphatic heterocycles. The van der Waals surface area contributed by atoms with Gasteiger partial charge in [0.15, 0.2) is 0 Å². The minimum atomic E-state index is 0.653. The maximum atomic E-state index is 6.21. The number of hydrogen-bond acceptors (Lipinski definition) is 5. The van der Waals surface area contributed by atoms with Gasteiger partial charge in [-0.1, -0.05) is 90.5 Å². The van der Waals surface area contributed by atoms with Crippen LogP contribution in [0, 0.1) is 0 Å². The van der Waals surface area contributed by atoms with E-state index < -0.39 is 0 Å². The van der Waals surface area contributed by atoms with Crippen LogP contribution in [0.25, 0.3) is 39.0 Å². The van der Waals surface area contributed by atoms with Crippen LogP contribution in [-0.4, -0.2) is 25.2 Å². The van der Waals surface area contributed by atoms with Crippen LogP contribution in [0.15, 0.2) is 119 Å². The summed E-state index contributed by atoms with van der Waals surface area (Å²) in [5, 5.41) is 15.0. The molecule has 7 heteroatoms. The van der Waals surface area contributed by atoms with E-state index in [1.54, 1.807) is 4.68 Å². The first-order valence-electron chi connectivity index (χ1n) is 11.0. The van der Waals surface area contributed by atoms with E-state index in [4.69, 9.17) is 16.6 Å². The summed E-state index contributed by atoms with van der Waals surface area (Å²) in [4.78, 5) is 6.08. The highest BCUT2D eigenvalue weighted by molar-refractivity contribution is 7.99. The van der Waals surface area contributed by atoms with E-state index in [0.29, 0.717) is 10.2 Å². The van der Waals surface area contributed by atoms with Gasteiger partial charge in [0.1, 0.15) is 0 Å². The Bertz CT molecular complexity index is 1620. The number of tetrazole rings is 1. The molecule has 0 fully saturated rings. The molecule has 2 heterocycles. The molecule has 0 aliphatic carbocycles. The van der Waals surface area contributed by atoms with Gasteiger partial charge in [-0.3, -0.25) is 0 Å². The average Bonchev–Trinajstić information content (AvgIpc) is 3.38. The first-order valence-corrected chi connectivity index (χ1v) is 12.2. The second-order valence-corrected chi connectivity index (χ2v) is 9.28. The lowest BCUT2D eigenvalue weighted by atomic mass is 9.98. The lowest BCUT2D eigenvalue weighted by Crippen LogP contribution is -2.00. The number of halogens is 1. The number of benzene rings is 4. The van der Waals surface area contributed by atoms with Gasteiger partial charge in [0.25, 0.3) is 0 Å². The van der Waals surface area contributed by atoms with Gasteiger partial charge in [0.05, 0.1) is 21.8 Å². The first-order chi connectivity index (χ1) is 17.3. The molecule has 0 amide bonds. The minimum absolute atomic E-state index is 0.653. The van der Waals surface area contributed by atoms with Crippen LogP contribution in [0.1, 0.15) is 0 Å². The number of hydrogen-bond donors (Lipinski definition) is 0. The van der Waals surface area contributed by atoms with Gasteiger partial charge in [-0.05, 0) is 58.1 Å². The topological polar surface area (TPSA) is 56.5 Å². The van der Waals surface area contributed by atoms with E-state index in [9.17, 15) is 0 Å². The van der Waals surface area contributed by atoms with Crippen molar-refractivity contribution in [3.63, 3.8) is 0 Å². The van der Waals surface area contributed by atoms with Crippen molar-refractivity contribution in [2.24, 2.45) is 0 Å². The molecule has 0 saturated carbocycles. The predicted octanol–water partition coefficient (Wildman–Crippen LogP) is 7.35. The molecule has 35 heavy (non-hydrogen) atoms. The van der Waals surface area contributed by atoms with E-state index in [-0.39, 0.29) is 0 Å². The van der Waals surface area contributed by atoms with Crippen LogP contribution in [-0.2, 0) is 0 Å². The summed E-state index contributed by atoms with van der Waals surface area (Å²) < 4.78 is 1.75. The van der Waals surface area contributed by atoms with Gasteiger partial charge >= 0.3 is 0 Å². The van der Waals surface area contributed by atoms with Crippen molar-refractivity contribution in [1.82, 2.24) is 25.2 Å². The number of para-hydroxylation sites is 2. The molecule has 0 aliphatic rings. The second-order valence-electron chi connectivity index (χ2n) is 7.87. The summed E-state index contributed by atoms with van der Waals surface area (Å²) in [6, 6.07) is 36.2. The van der Waals surface area contributed by atoms with E-state index >= 15 is 0 Å².